The third-order valence-electron chi connectivity index (χ3n) is 3.18. The van der Waals surface area contributed by atoms with Gasteiger partial charge in [-0.15, -0.1) is 0 Å². The standard InChI is InChI=1S/C15H19N3O2/c1-4-20-15(19)12-9-17-18(10-12)14-8-6-5-7-13(14)11(2)16-3/h5-11,16H,4H2,1-3H3. The van der Waals surface area contributed by atoms with Crippen LogP contribution in [0.2, 0.25) is 0 Å². The fraction of sp³-hybridized carbons (Fsp3) is 0.333. The van der Waals surface area contributed by atoms with Crippen molar-refractivity contribution >= 4 is 5.97 Å². The molecule has 0 bridgehead atoms. The molecule has 0 radical (unpaired) electrons. The molecule has 1 atom stereocenters. The maximum atomic E-state index is 11.7. The molecule has 0 saturated carbocycles. The molecular weight excluding hydrogens is 254 g/mol. The van der Waals surface area contributed by atoms with Gasteiger partial charge in [0.25, 0.3) is 0 Å². The first kappa shape index (κ1) is 14.3. The Kier molecular flexibility index (Phi) is 4.53. The fourth-order valence-corrected chi connectivity index (χ4v) is 1.99. The van der Waals surface area contributed by atoms with Gasteiger partial charge in [0.15, 0.2) is 0 Å². The number of rotatable bonds is 5. The minimum absolute atomic E-state index is 0.196. The zero-order chi connectivity index (χ0) is 14.5. The largest absolute Gasteiger partial charge is 0.462 e. The van der Waals surface area contributed by atoms with Crippen LogP contribution in [0.25, 0.3) is 5.69 Å². The number of para-hydroxylation sites is 1. The van der Waals surface area contributed by atoms with Crippen molar-refractivity contribution in [3.05, 3.63) is 47.8 Å². The number of esters is 1. The molecule has 0 aliphatic carbocycles. The lowest BCUT2D eigenvalue weighted by Gasteiger charge is -2.15. The van der Waals surface area contributed by atoms with Gasteiger partial charge < -0.3 is 10.1 Å². The van der Waals surface area contributed by atoms with E-state index in [1.54, 1.807) is 17.8 Å². The van der Waals surface area contributed by atoms with Crippen LogP contribution in [0.1, 0.15) is 35.8 Å². The maximum absolute atomic E-state index is 11.7. The van der Waals surface area contributed by atoms with E-state index < -0.39 is 0 Å². The van der Waals surface area contributed by atoms with E-state index in [1.807, 2.05) is 31.3 Å². The smallest absolute Gasteiger partial charge is 0.341 e. The summed E-state index contributed by atoms with van der Waals surface area (Å²) in [6.07, 6.45) is 3.22. The Bertz CT molecular complexity index is 592. The van der Waals surface area contributed by atoms with Crippen molar-refractivity contribution in [3.63, 3.8) is 0 Å². The van der Waals surface area contributed by atoms with Crippen molar-refractivity contribution < 1.29 is 9.53 Å². The number of ether oxygens (including phenoxy) is 1. The summed E-state index contributed by atoms with van der Waals surface area (Å²) in [5.41, 5.74) is 2.53. The summed E-state index contributed by atoms with van der Waals surface area (Å²) in [5, 5.41) is 7.46. The number of benzene rings is 1. The second-order valence-electron chi connectivity index (χ2n) is 4.46. The molecule has 1 heterocycles. The Labute approximate surface area is 118 Å². The van der Waals surface area contributed by atoms with E-state index in [1.165, 1.54) is 6.20 Å². The van der Waals surface area contributed by atoms with E-state index in [9.17, 15) is 4.79 Å². The molecule has 1 N–H and O–H groups in total. The SMILES string of the molecule is CCOC(=O)c1cnn(-c2ccccc2C(C)NC)c1. The van der Waals surface area contributed by atoms with E-state index in [0.717, 1.165) is 11.3 Å². The lowest BCUT2D eigenvalue weighted by Crippen LogP contribution is -2.15. The number of nitrogens with zero attached hydrogens (tertiary/aromatic N) is 2. The first-order chi connectivity index (χ1) is 9.67. The van der Waals surface area contributed by atoms with Crippen molar-refractivity contribution in [2.75, 3.05) is 13.7 Å². The molecule has 0 fully saturated rings. The van der Waals surface area contributed by atoms with Crippen LogP contribution >= 0.6 is 0 Å². The predicted molar refractivity (Wildman–Crippen MR) is 77.0 cm³/mol. The lowest BCUT2D eigenvalue weighted by molar-refractivity contribution is 0.0526. The molecule has 0 aliphatic rings. The molecule has 0 amide bonds. The summed E-state index contributed by atoms with van der Waals surface area (Å²) in [7, 11) is 1.91. The molecule has 0 aliphatic heterocycles. The Morgan fingerprint density at radius 3 is 2.90 bits per heavy atom. The van der Waals surface area contributed by atoms with Crippen LogP contribution in [0.3, 0.4) is 0 Å². The number of aromatic nitrogens is 2. The molecular formula is C15H19N3O2. The van der Waals surface area contributed by atoms with E-state index >= 15 is 0 Å². The van der Waals surface area contributed by atoms with Crippen LogP contribution in [0.15, 0.2) is 36.7 Å². The highest BCUT2D eigenvalue weighted by atomic mass is 16.5. The minimum Gasteiger partial charge on any atom is -0.462 e. The van der Waals surface area contributed by atoms with E-state index in [4.69, 9.17) is 4.74 Å². The van der Waals surface area contributed by atoms with Gasteiger partial charge in [-0.25, -0.2) is 9.48 Å². The number of nitrogens with one attached hydrogen (secondary N) is 1. The first-order valence-corrected chi connectivity index (χ1v) is 6.65. The zero-order valence-electron chi connectivity index (χ0n) is 12.0. The quantitative estimate of drug-likeness (QED) is 0.849. The maximum Gasteiger partial charge on any atom is 0.341 e. The molecule has 20 heavy (non-hydrogen) atoms. The van der Waals surface area contributed by atoms with Gasteiger partial charge in [-0.05, 0) is 32.5 Å². The van der Waals surface area contributed by atoms with Gasteiger partial charge in [-0.2, -0.15) is 5.10 Å². The third kappa shape index (κ3) is 2.88. The summed E-state index contributed by atoms with van der Waals surface area (Å²) in [5.74, 6) is -0.349. The average Bonchev–Trinajstić information content (AvgIpc) is 2.96. The second kappa shape index (κ2) is 6.34. The predicted octanol–water partition coefficient (Wildman–Crippen LogP) is 2.33. The molecule has 106 valence electrons. The molecule has 1 aromatic heterocycles. The number of carbonyl (C=O) groups is 1. The van der Waals surface area contributed by atoms with Gasteiger partial charge in [0.2, 0.25) is 0 Å². The fourth-order valence-electron chi connectivity index (χ4n) is 1.99. The van der Waals surface area contributed by atoms with Crippen molar-refractivity contribution in [2.45, 2.75) is 19.9 Å². The molecule has 0 spiro atoms. The van der Waals surface area contributed by atoms with Gasteiger partial charge in [0.05, 0.1) is 24.1 Å². The average molecular weight is 273 g/mol. The third-order valence-corrected chi connectivity index (χ3v) is 3.18. The Morgan fingerprint density at radius 1 is 1.45 bits per heavy atom. The van der Waals surface area contributed by atoms with Gasteiger partial charge in [-0.1, -0.05) is 18.2 Å². The van der Waals surface area contributed by atoms with Crippen molar-refractivity contribution in [1.29, 1.82) is 0 Å². The highest BCUT2D eigenvalue weighted by Gasteiger charge is 2.14. The highest BCUT2D eigenvalue weighted by molar-refractivity contribution is 5.88. The summed E-state index contributed by atoms with van der Waals surface area (Å²) in [6, 6.07) is 8.16. The van der Waals surface area contributed by atoms with E-state index in [-0.39, 0.29) is 12.0 Å². The Balaban J connectivity index is 2.35. The van der Waals surface area contributed by atoms with Gasteiger partial charge in [0, 0.05) is 12.2 Å². The Morgan fingerprint density at radius 2 is 2.20 bits per heavy atom. The van der Waals surface area contributed by atoms with Gasteiger partial charge >= 0.3 is 5.97 Å². The highest BCUT2D eigenvalue weighted by Crippen LogP contribution is 2.21. The molecule has 2 aromatic rings. The summed E-state index contributed by atoms with van der Waals surface area (Å²) < 4.78 is 6.68. The number of hydrogen-bond acceptors (Lipinski definition) is 4. The van der Waals surface area contributed by atoms with Crippen LogP contribution < -0.4 is 5.32 Å². The summed E-state index contributed by atoms with van der Waals surface area (Å²) in [6.45, 7) is 4.22. The summed E-state index contributed by atoms with van der Waals surface area (Å²) in [4.78, 5) is 11.7. The number of hydrogen-bond donors (Lipinski definition) is 1. The minimum atomic E-state index is -0.349. The number of carbonyl (C=O) groups excluding carboxylic acids is 1. The first-order valence-electron chi connectivity index (χ1n) is 6.65. The second-order valence-corrected chi connectivity index (χ2v) is 4.46. The molecule has 0 saturated heterocycles. The monoisotopic (exact) mass is 273 g/mol. The van der Waals surface area contributed by atoms with Crippen LogP contribution in [0.5, 0.6) is 0 Å². The van der Waals surface area contributed by atoms with Crippen LogP contribution in [-0.4, -0.2) is 29.4 Å². The van der Waals surface area contributed by atoms with Crippen LogP contribution in [0.4, 0.5) is 0 Å². The molecule has 5 nitrogen and oxygen atoms in total. The molecule has 2 rings (SSSR count). The van der Waals surface area contributed by atoms with Gasteiger partial charge in [0.1, 0.15) is 0 Å². The summed E-state index contributed by atoms with van der Waals surface area (Å²) >= 11 is 0. The van der Waals surface area contributed by atoms with Crippen molar-refractivity contribution in [3.8, 4) is 5.69 Å². The lowest BCUT2D eigenvalue weighted by atomic mass is 10.1. The van der Waals surface area contributed by atoms with Crippen molar-refractivity contribution in [1.82, 2.24) is 15.1 Å². The van der Waals surface area contributed by atoms with Crippen molar-refractivity contribution in [2.24, 2.45) is 0 Å². The molecule has 1 aromatic carbocycles. The van der Waals surface area contributed by atoms with Gasteiger partial charge in [-0.3, -0.25) is 0 Å². The normalized spacial score (nSPS) is 12.2. The van der Waals surface area contributed by atoms with Crippen LogP contribution in [0, 0.1) is 0 Å². The van der Waals surface area contributed by atoms with E-state index in [2.05, 4.69) is 17.3 Å². The molecule has 1 unspecified atom stereocenters. The van der Waals surface area contributed by atoms with E-state index in [0.29, 0.717) is 12.2 Å². The molecule has 5 heteroatoms. The zero-order valence-corrected chi connectivity index (χ0v) is 12.0. The topological polar surface area (TPSA) is 56.1 Å². The Hall–Kier alpha value is -2.14. The van der Waals surface area contributed by atoms with Crippen LogP contribution in [-0.2, 0) is 4.74 Å².